The summed E-state index contributed by atoms with van der Waals surface area (Å²) in [7, 11) is 0. The molecule has 0 bridgehead atoms. The molecule has 4 heterocycles. The van der Waals surface area contributed by atoms with Crippen LogP contribution in [0.25, 0.3) is 0 Å². The molecule has 0 aromatic heterocycles. The molecule has 30 heavy (non-hydrogen) atoms. The third-order valence-corrected chi connectivity index (χ3v) is 8.65. The lowest BCUT2D eigenvalue weighted by Crippen LogP contribution is -2.47. The average molecular weight is 424 g/mol. The number of nitrogens with zero attached hydrogens (tertiary/aromatic N) is 3. The normalized spacial score (nSPS) is 25.1. The number of hydrogen-bond acceptors (Lipinski definition) is 4. The van der Waals surface area contributed by atoms with Crippen molar-refractivity contribution in [1.82, 2.24) is 4.90 Å². The van der Waals surface area contributed by atoms with E-state index in [1.165, 1.54) is 67.3 Å². The van der Waals surface area contributed by atoms with Gasteiger partial charge in [-0.15, -0.1) is 11.8 Å². The largest absolute Gasteiger partial charge is 0.371 e. The SMILES string of the molecule is Fc1ccc2c(c1)CCN2CCCN1CC[C@@H]2[C@H](C1)c1cccc3c1N2CCCS3. The van der Waals surface area contributed by atoms with Gasteiger partial charge in [-0.2, -0.15) is 0 Å². The number of rotatable bonds is 4. The first-order chi connectivity index (χ1) is 14.8. The van der Waals surface area contributed by atoms with Crippen molar-refractivity contribution < 1.29 is 4.39 Å². The maximum absolute atomic E-state index is 13.5. The number of halogens is 1. The Morgan fingerprint density at radius 1 is 1.07 bits per heavy atom. The fourth-order valence-electron chi connectivity index (χ4n) is 6.17. The maximum Gasteiger partial charge on any atom is 0.123 e. The Hall–Kier alpha value is -1.72. The number of anilines is 2. The van der Waals surface area contributed by atoms with Crippen molar-refractivity contribution in [2.75, 3.05) is 54.8 Å². The zero-order valence-corrected chi connectivity index (χ0v) is 18.3. The van der Waals surface area contributed by atoms with Crippen LogP contribution in [0.2, 0.25) is 0 Å². The molecule has 4 aliphatic rings. The minimum atomic E-state index is -0.106. The van der Waals surface area contributed by atoms with Crippen LogP contribution in [0.5, 0.6) is 0 Å². The summed E-state index contributed by atoms with van der Waals surface area (Å²) in [6.07, 6.45) is 4.75. The minimum Gasteiger partial charge on any atom is -0.371 e. The Kier molecular flexibility index (Phi) is 4.91. The molecular formula is C25H30FN3S. The van der Waals surface area contributed by atoms with Crippen molar-refractivity contribution in [3.05, 3.63) is 53.3 Å². The Balaban J connectivity index is 1.11. The van der Waals surface area contributed by atoms with Crippen LogP contribution in [-0.2, 0) is 6.42 Å². The molecule has 6 rings (SSSR count). The maximum atomic E-state index is 13.5. The zero-order valence-electron chi connectivity index (χ0n) is 17.5. The van der Waals surface area contributed by atoms with Crippen molar-refractivity contribution in [3.63, 3.8) is 0 Å². The third-order valence-electron chi connectivity index (χ3n) is 7.51. The monoisotopic (exact) mass is 423 g/mol. The summed E-state index contributed by atoms with van der Waals surface area (Å²) in [4.78, 5) is 9.41. The van der Waals surface area contributed by atoms with Gasteiger partial charge in [0.25, 0.3) is 0 Å². The fraction of sp³-hybridized carbons (Fsp3) is 0.520. The second-order valence-corrected chi connectivity index (χ2v) is 10.4. The highest BCUT2D eigenvalue weighted by molar-refractivity contribution is 7.99. The Morgan fingerprint density at radius 2 is 2.03 bits per heavy atom. The van der Waals surface area contributed by atoms with E-state index < -0.39 is 0 Å². The molecule has 0 spiro atoms. The minimum absolute atomic E-state index is 0.106. The van der Waals surface area contributed by atoms with E-state index in [4.69, 9.17) is 0 Å². The molecule has 158 valence electrons. The average Bonchev–Trinajstić information content (AvgIpc) is 3.21. The van der Waals surface area contributed by atoms with E-state index in [-0.39, 0.29) is 5.82 Å². The van der Waals surface area contributed by atoms with Crippen molar-refractivity contribution in [3.8, 4) is 0 Å². The Labute approximate surface area is 183 Å². The highest BCUT2D eigenvalue weighted by Crippen LogP contribution is 2.50. The molecule has 3 nitrogen and oxygen atoms in total. The van der Waals surface area contributed by atoms with Gasteiger partial charge >= 0.3 is 0 Å². The van der Waals surface area contributed by atoms with E-state index in [0.717, 1.165) is 19.5 Å². The molecule has 0 aliphatic carbocycles. The molecule has 1 saturated heterocycles. The molecule has 0 saturated carbocycles. The summed E-state index contributed by atoms with van der Waals surface area (Å²) in [6.45, 7) is 6.92. The molecule has 0 unspecified atom stereocenters. The van der Waals surface area contributed by atoms with Gasteiger partial charge in [0.2, 0.25) is 0 Å². The summed E-state index contributed by atoms with van der Waals surface area (Å²) >= 11 is 2.05. The van der Waals surface area contributed by atoms with Crippen LogP contribution in [0.4, 0.5) is 15.8 Å². The Morgan fingerprint density at radius 3 is 3.00 bits per heavy atom. The molecule has 2 aromatic rings. The fourth-order valence-corrected chi connectivity index (χ4v) is 7.21. The van der Waals surface area contributed by atoms with E-state index in [9.17, 15) is 4.39 Å². The number of para-hydroxylation sites is 1. The first-order valence-corrected chi connectivity index (χ1v) is 12.5. The van der Waals surface area contributed by atoms with Gasteiger partial charge in [0.05, 0.1) is 5.69 Å². The summed E-state index contributed by atoms with van der Waals surface area (Å²) in [5.74, 6) is 1.82. The van der Waals surface area contributed by atoms with E-state index in [1.54, 1.807) is 23.4 Å². The van der Waals surface area contributed by atoms with Crippen LogP contribution in [0.1, 0.15) is 36.3 Å². The number of benzene rings is 2. The first kappa shape index (κ1) is 19.0. The van der Waals surface area contributed by atoms with Gasteiger partial charge in [-0.1, -0.05) is 12.1 Å². The summed E-state index contributed by atoms with van der Waals surface area (Å²) in [5.41, 5.74) is 5.59. The number of hydrogen-bond donors (Lipinski definition) is 0. The van der Waals surface area contributed by atoms with Gasteiger partial charge in [-0.05, 0) is 73.4 Å². The quantitative estimate of drug-likeness (QED) is 0.702. The van der Waals surface area contributed by atoms with Crippen molar-refractivity contribution >= 4 is 23.1 Å². The summed E-state index contributed by atoms with van der Waals surface area (Å²) < 4.78 is 13.5. The van der Waals surface area contributed by atoms with E-state index in [2.05, 4.69) is 44.7 Å². The van der Waals surface area contributed by atoms with E-state index in [1.807, 2.05) is 6.07 Å². The van der Waals surface area contributed by atoms with Crippen LogP contribution in [0, 0.1) is 5.82 Å². The predicted molar refractivity (Wildman–Crippen MR) is 124 cm³/mol. The van der Waals surface area contributed by atoms with Gasteiger partial charge in [-0.25, -0.2) is 4.39 Å². The molecule has 2 aromatic carbocycles. The number of thioether (sulfide) groups is 1. The van der Waals surface area contributed by atoms with Crippen LogP contribution < -0.4 is 9.80 Å². The molecule has 4 aliphatic heterocycles. The third kappa shape index (κ3) is 3.21. The van der Waals surface area contributed by atoms with Crippen LogP contribution in [0.15, 0.2) is 41.3 Å². The number of likely N-dealkylation sites (tertiary alicyclic amines) is 1. The van der Waals surface area contributed by atoms with E-state index in [0.29, 0.717) is 12.0 Å². The molecule has 2 atom stereocenters. The standard InChI is InChI=1S/C25H30FN3S/c26-19-6-7-22-18(16-19)8-14-28(22)11-2-10-27-13-9-23-21(17-27)20-4-1-5-24-25(20)29(23)12-3-15-30-24/h1,4-7,16,21,23H,2-3,8-15,17H2/t21-,23-/m1/s1. The van der Waals surface area contributed by atoms with Crippen LogP contribution >= 0.6 is 11.8 Å². The lowest BCUT2D eigenvalue weighted by atomic mass is 9.89. The first-order valence-electron chi connectivity index (χ1n) is 11.6. The van der Waals surface area contributed by atoms with Gasteiger partial charge in [-0.3, -0.25) is 0 Å². The van der Waals surface area contributed by atoms with Crippen LogP contribution in [-0.4, -0.2) is 56.0 Å². The molecule has 0 radical (unpaired) electrons. The number of piperidine rings is 1. The predicted octanol–water partition coefficient (Wildman–Crippen LogP) is 4.75. The lowest BCUT2D eigenvalue weighted by Gasteiger charge is -2.39. The van der Waals surface area contributed by atoms with Crippen molar-refractivity contribution in [1.29, 1.82) is 0 Å². The molecule has 0 N–H and O–H groups in total. The number of fused-ring (bicyclic) bond motifs is 4. The second-order valence-electron chi connectivity index (χ2n) is 9.22. The van der Waals surface area contributed by atoms with Crippen LogP contribution in [0.3, 0.4) is 0 Å². The Bertz CT molecular complexity index is 948. The van der Waals surface area contributed by atoms with Gasteiger partial charge in [0, 0.05) is 55.3 Å². The molecule has 1 fully saturated rings. The van der Waals surface area contributed by atoms with Gasteiger partial charge in [0.1, 0.15) is 5.82 Å². The highest BCUT2D eigenvalue weighted by atomic mass is 32.2. The van der Waals surface area contributed by atoms with Gasteiger partial charge < -0.3 is 14.7 Å². The highest BCUT2D eigenvalue weighted by Gasteiger charge is 2.43. The lowest BCUT2D eigenvalue weighted by molar-refractivity contribution is 0.192. The smallest absolute Gasteiger partial charge is 0.123 e. The molecule has 5 heteroatoms. The van der Waals surface area contributed by atoms with Crippen molar-refractivity contribution in [2.24, 2.45) is 0 Å². The topological polar surface area (TPSA) is 9.72 Å². The molecular weight excluding hydrogens is 393 g/mol. The van der Waals surface area contributed by atoms with Gasteiger partial charge in [0.15, 0.2) is 0 Å². The molecule has 0 amide bonds. The summed E-state index contributed by atoms with van der Waals surface area (Å²) in [6, 6.07) is 13.0. The second kappa shape index (κ2) is 7.76. The zero-order chi connectivity index (χ0) is 20.1. The van der Waals surface area contributed by atoms with Crippen molar-refractivity contribution in [2.45, 2.75) is 42.5 Å². The summed E-state index contributed by atoms with van der Waals surface area (Å²) in [5, 5.41) is 0. The van der Waals surface area contributed by atoms with E-state index >= 15 is 0 Å².